The largest absolute Gasteiger partial charge is 0.435 e. The summed E-state index contributed by atoms with van der Waals surface area (Å²) in [5, 5.41) is 6.04. The molecule has 0 bridgehead atoms. The van der Waals surface area contributed by atoms with Gasteiger partial charge in [-0.05, 0) is 17.7 Å². The molecule has 0 aliphatic carbocycles. The predicted octanol–water partition coefficient (Wildman–Crippen LogP) is 0.809. The van der Waals surface area contributed by atoms with Crippen LogP contribution in [-0.4, -0.2) is 50.1 Å². The second-order valence-electron chi connectivity index (χ2n) is 4.83. The standard InChI is InChI=1S/C14H19F2N3O2/c15-14(16)21-12-3-1-11(2-4-12)9-18-13(20)10-19-7-5-17-6-8-19/h1-4,14,17H,5-10H2,(H,18,20). The monoisotopic (exact) mass is 299 g/mol. The first-order valence-electron chi connectivity index (χ1n) is 6.87. The lowest BCUT2D eigenvalue weighted by Crippen LogP contribution is -2.47. The number of nitrogens with zero attached hydrogens (tertiary/aromatic N) is 1. The molecule has 2 N–H and O–H groups in total. The second-order valence-corrected chi connectivity index (χ2v) is 4.83. The summed E-state index contributed by atoms with van der Waals surface area (Å²) < 4.78 is 28.3. The van der Waals surface area contributed by atoms with E-state index in [2.05, 4.69) is 20.3 Å². The zero-order chi connectivity index (χ0) is 15.1. The minimum atomic E-state index is -2.82. The summed E-state index contributed by atoms with van der Waals surface area (Å²) in [5.74, 6) is 0.0747. The molecule has 0 radical (unpaired) electrons. The Kier molecular flexibility index (Phi) is 5.89. The number of hydrogen-bond acceptors (Lipinski definition) is 4. The van der Waals surface area contributed by atoms with Crippen molar-refractivity contribution in [3.8, 4) is 5.75 Å². The third-order valence-corrected chi connectivity index (χ3v) is 3.22. The summed E-state index contributed by atoms with van der Waals surface area (Å²) in [4.78, 5) is 13.9. The lowest BCUT2D eigenvalue weighted by molar-refractivity contribution is -0.122. The van der Waals surface area contributed by atoms with Gasteiger partial charge in [0.2, 0.25) is 5.91 Å². The van der Waals surface area contributed by atoms with Gasteiger partial charge in [-0.3, -0.25) is 9.69 Å². The van der Waals surface area contributed by atoms with Crippen LogP contribution in [0.15, 0.2) is 24.3 Å². The van der Waals surface area contributed by atoms with Crippen LogP contribution >= 0.6 is 0 Å². The number of carbonyl (C=O) groups is 1. The molecule has 1 aliphatic rings. The first kappa shape index (κ1) is 15.7. The summed E-state index contributed by atoms with van der Waals surface area (Å²) in [5.41, 5.74) is 0.838. The maximum absolute atomic E-state index is 12.0. The Morgan fingerprint density at radius 1 is 1.29 bits per heavy atom. The van der Waals surface area contributed by atoms with Gasteiger partial charge in [-0.2, -0.15) is 8.78 Å². The molecular weight excluding hydrogens is 280 g/mol. The number of carbonyl (C=O) groups excluding carboxylic acids is 1. The van der Waals surface area contributed by atoms with E-state index >= 15 is 0 Å². The first-order chi connectivity index (χ1) is 10.1. The number of piperazine rings is 1. The molecular formula is C14H19F2N3O2. The molecule has 0 unspecified atom stereocenters. The molecule has 0 saturated carbocycles. The molecule has 1 saturated heterocycles. The Bertz CT molecular complexity index is 448. The van der Waals surface area contributed by atoms with Crippen LogP contribution in [0, 0.1) is 0 Å². The van der Waals surface area contributed by atoms with Crippen LogP contribution in [0.2, 0.25) is 0 Å². The van der Waals surface area contributed by atoms with Crippen molar-refractivity contribution in [1.82, 2.24) is 15.5 Å². The van der Waals surface area contributed by atoms with Crippen molar-refractivity contribution < 1.29 is 18.3 Å². The van der Waals surface area contributed by atoms with Crippen molar-refractivity contribution in [2.45, 2.75) is 13.2 Å². The first-order valence-corrected chi connectivity index (χ1v) is 6.87. The van der Waals surface area contributed by atoms with E-state index < -0.39 is 6.61 Å². The smallest absolute Gasteiger partial charge is 0.387 e. The number of benzene rings is 1. The molecule has 1 fully saturated rings. The van der Waals surface area contributed by atoms with Gasteiger partial charge in [-0.15, -0.1) is 0 Å². The van der Waals surface area contributed by atoms with Crippen LogP contribution in [0.4, 0.5) is 8.78 Å². The Labute approximate surface area is 122 Å². The summed E-state index contributed by atoms with van der Waals surface area (Å²) in [7, 11) is 0. The lowest BCUT2D eigenvalue weighted by atomic mass is 10.2. The molecule has 1 aromatic rings. The average molecular weight is 299 g/mol. The SMILES string of the molecule is O=C(CN1CCNCC1)NCc1ccc(OC(F)F)cc1. The minimum Gasteiger partial charge on any atom is -0.435 e. The van der Waals surface area contributed by atoms with Crippen LogP contribution in [0.25, 0.3) is 0 Å². The van der Waals surface area contributed by atoms with Crippen molar-refractivity contribution in [3.05, 3.63) is 29.8 Å². The normalized spacial score (nSPS) is 16.0. The Morgan fingerprint density at radius 3 is 2.57 bits per heavy atom. The molecule has 5 nitrogen and oxygen atoms in total. The van der Waals surface area contributed by atoms with Gasteiger partial charge in [-0.1, -0.05) is 12.1 Å². The minimum absolute atomic E-state index is 0.0372. The molecule has 2 rings (SSSR count). The quantitative estimate of drug-likeness (QED) is 0.816. The Hall–Kier alpha value is -1.73. The van der Waals surface area contributed by atoms with Gasteiger partial charge in [0.25, 0.3) is 0 Å². The Balaban J connectivity index is 1.73. The zero-order valence-electron chi connectivity index (χ0n) is 11.6. The molecule has 21 heavy (non-hydrogen) atoms. The van der Waals surface area contributed by atoms with Crippen molar-refractivity contribution in [1.29, 1.82) is 0 Å². The van der Waals surface area contributed by atoms with Crippen molar-refractivity contribution in [2.75, 3.05) is 32.7 Å². The zero-order valence-corrected chi connectivity index (χ0v) is 11.6. The van der Waals surface area contributed by atoms with Gasteiger partial charge in [0.05, 0.1) is 6.54 Å². The number of ether oxygens (including phenoxy) is 1. The number of rotatable bonds is 6. The van der Waals surface area contributed by atoms with Crippen LogP contribution in [0.1, 0.15) is 5.56 Å². The topological polar surface area (TPSA) is 53.6 Å². The molecule has 116 valence electrons. The highest BCUT2D eigenvalue weighted by Crippen LogP contribution is 2.14. The maximum Gasteiger partial charge on any atom is 0.387 e. The van der Waals surface area contributed by atoms with E-state index in [1.54, 1.807) is 12.1 Å². The van der Waals surface area contributed by atoms with E-state index in [1.165, 1.54) is 12.1 Å². The van der Waals surface area contributed by atoms with Crippen molar-refractivity contribution >= 4 is 5.91 Å². The van der Waals surface area contributed by atoms with E-state index in [9.17, 15) is 13.6 Å². The predicted molar refractivity (Wildman–Crippen MR) is 74.2 cm³/mol. The molecule has 1 amide bonds. The van der Waals surface area contributed by atoms with Gasteiger partial charge in [0.1, 0.15) is 5.75 Å². The van der Waals surface area contributed by atoms with Gasteiger partial charge >= 0.3 is 6.61 Å². The van der Waals surface area contributed by atoms with Crippen molar-refractivity contribution in [3.63, 3.8) is 0 Å². The molecule has 0 aromatic heterocycles. The summed E-state index contributed by atoms with van der Waals surface area (Å²) >= 11 is 0. The number of amides is 1. The third kappa shape index (κ3) is 5.65. The fourth-order valence-corrected chi connectivity index (χ4v) is 2.12. The summed E-state index contributed by atoms with van der Waals surface area (Å²) in [6, 6.07) is 6.24. The molecule has 1 aliphatic heterocycles. The van der Waals surface area contributed by atoms with Crippen LogP contribution in [-0.2, 0) is 11.3 Å². The van der Waals surface area contributed by atoms with Crippen molar-refractivity contribution in [2.24, 2.45) is 0 Å². The third-order valence-electron chi connectivity index (χ3n) is 3.22. The number of halogens is 2. The van der Waals surface area contributed by atoms with Gasteiger partial charge in [0, 0.05) is 32.7 Å². The molecule has 0 atom stereocenters. The fourth-order valence-electron chi connectivity index (χ4n) is 2.12. The summed E-state index contributed by atoms with van der Waals surface area (Å²) in [6.07, 6.45) is 0. The van der Waals surface area contributed by atoms with E-state index in [4.69, 9.17) is 0 Å². The number of alkyl halides is 2. The average Bonchev–Trinajstić information content (AvgIpc) is 2.47. The van der Waals surface area contributed by atoms with Crippen LogP contribution in [0.5, 0.6) is 5.75 Å². The highest BCUT2D eigenvalue weighted by atomic mass is 19.3. The lowest BCUT2D eigenvalue weighted by Gasteiger charge is -2.26. The van der Waals surface area contributed by atoms with E-state index in [0.29, 0.717) is 13.1 Å². The van der Waals surface area contributed by atoms with E-state index in [-0.39, 0.29) is 11.7 Å². The summed E-state index contributed by atoms with van der Waals surface area (Å²) in [6.45, 7) is 1.47. The highest BCUT2D eigenvalue weighted by Gasteiger charge is 2.13. The van der Waals surface area contributed by atoms with Gasteiger partial charge in [-0.25, -0.2) is 0 Å². The van der Waals surface area contributed by atoms with Crippen LogP contribution < -0.4 is 15.4 Å². The second kappa shape index (κ2) is 7.90. The number of hydrogen-bond donors (Lipinski definition) is 2. The highest BCUT2D eigenvalue weighted by molar-refractivity contribution is 5.78. The number of nitrogens with one attached hydrogen (secondary N) is 2. The maximum atomic E-state index is 12.0. The molecule has 1 aromatic carbocycles. The van der Waals surface area contributed by atoms with Gasteiger partial charge in [0.15, 0.2) is 0 Å². The van der Waals surface area contributed by atoms with Crippen LogP contribution in [0.3, 0.4) is 0 Å². The Morgan fingerprint density at radius 2 is 1.95 bits per heavy atom. The molecule has 7 heteroatoms. The fraction of sp³-hybridized carbons (Fsp3) is 0.500. The van der Waals surface area contributed by atoms with E-state index in [0.717, 1.165) is 31.7 Å². The molecule has 1 heterocycles. The van der Waals surface area contributed by atoms with Gasteiger partial charge < -0.3 is 15.4 Å². The van der Waals surface area contributed by atoms with E-state index in [1.807, 2.05) is 0 Å². The molecule has 0 spiro atoms.